The zero-order valence-corrected chi connectivity index (χ0v) is 12.1. The molecule has 1 aliphatic rings. The van der Waals surface area contributed by atoms with E-state index in [0.717, 1.165) is 0 Å². The molecule has 0 bridgehead atoms. The van der Waals surface area contributed by atoms with Gasteiger partial charge < -0.3 is 0 Å². The van der Waals surface area contributed by atoms with E-state index in [1.165, 1.54) is 43.9 Å². The Balaban J connectivity index is 2.58. The summed E-state index contributed by atoms with van der Waals surface area (Å²) in [5, 5.41) is 0. The van der Waals surface area contributed by atoms with Gasteiger partial charge in [0.2, 0.25) is 0 Å². The molecule has 0 aromatic heterocycles. The van der Waals surface area contributed by atoms with Crippen LogP contribution in [0, 0.1) is 0 Å². The summed E-state index contributed by atoms with van der Waals surface area (Å²) in [6, 6.07) is -1.87. The molecule has 0 N–H and O–H groups in total. The van der Waals surface area contributed by atoms with Crippen molar-refractivity contribution < 1.29 is 0 Å². The van der Waals surface area contributed by atoms with Crippen molar-refractivity contribution in [1.82, 2.24) is 0 Å². The molecule has 1 aliphatic heterocycles. The molecule has 1 heterocycles. The SMILES string of the molecule is C[P@]1(=S)CCCC[P@@](C)(=S)CCC1. The van der Waals surface area contributed by atoms with Crippen molar-refractivity contribution in [3.05, 3.63) is 0 Å². The molecule has 2 atom stereocenters. The Morgan fingerprint density at radius 1 is 0.692 bits per heavy atom. The summed E-state index contributed by atoms with van der Waals surface area (Å²) in [6.07, 6.45) is 9.31. The van der Waals surface area contributed by atoms with Crippen molar-refractivity contribution in [3.8, 4) is 0 Å². The molecular weight excluding hydrogens is 234 g/mol. The van der Waals surface area contributed by atoms with E-state index in [1.807, 2.05) is 0 Å². The molecule has 0 unspecified atom stereocenters. The van der Waals surface area contributed by atoms with Crippen LogP contribution in [0.3, 0.4) is 0 Å². The fourth-order valence-electron chi connectivity index (χ4n) is 1.86. The van der Waals surface area contributed by atoms with Crippen molar-refractivity contribution in [2.45, 2.75) is 19.3 Å². The first-order chi connectivity index (χ1) is 5.91. The summed E-state index contributed by atoms with van der Waals surface area (Å²) >= 11 is 11.3. The summed E-state index contributed by atoms with van der Waals surface area (Å²) in [5.74, 6) is 0. The van der Waals surface area contributed by atoms with Gasteiger partial charge in [0.1, 0.15) is 0 Å². The Hall–Kier alpha value is 1.30. The highest BCUT2D eigenvalue weighted by molar-refractivity contribution is 8.15. The van der Waals surface area contributed by atoms with E-state index in [1.54, 1.807) is 0 Å². The van der Waals surface area contributed by atoms with Crippen molar-refractivity contribution in [2.75, 3.05) is 38.0 Å². The third kappa shape index (κ3) is 5.07. The fraction of sp³-hybridized carbons (Fsp3) is 1.00. The van der Waals surface area contributed by atoms with Crippen LogP contribution in [0.4, 0.5) is 0 Å². The van der Waals surface area contributed by atoms with Crippen LogP contribution in [0.15, 0.2) is 0 Å². The van der Waals surface area contributed by atoms with Gasteiger partial charge in [0.25, 0.3) is 0 Å². The first-order valence-corrected chi connectivity index (χ1v) is 12.3. The Kier molecular flexibility index (Phi) is 4.65. The Labute approximate surface area is 92.9 Å². The van der Waals surface area contributed by atoms with Gasteiger partial charge in [-0.1, -0.05) is 23.6 Å². The molecule has 1 saturated heterocycles. The van der Waals surface area contributed by atoms with E-state index in [9.17, 15) is 0 Å². The van der Waals surface area contributed by atoms with Crippen LogP contribution in [0.25, 0.3) is 0 Å². The molecule has 13 heavy (non-hydrogen) atoms. The number of rotatable bonds is 0. The summed E-state index contributed by atoms with van der Waals surface area (Å²) in [7, 11) is 0. The molecule has 0 radical (unpaired) electrons. The van der Waals surface area contributed by atoms with E-state index in [2.05, 4.69) is 13.3 Å². The van der Waals surface area contributed by atoms with E-state index in [0.29, 0.717) is 0 Å². The van der Waals surface area contributed by atoms with Gasteiger partial charge in [-0.2, -0.15) is 0 Å². The zero-order valence-electron chi connectivity index (χ0n) is 8.66. The van der Waals surface area contributed by atoms with Gasteiger partial charge in [-0.3, -0.25) is 0 Å². The zero-order chi connectivity index (χ0) is 9.95. The second-order valence-electron chi connectivity index (χ2n) is 4.55. The Bertz CT molecular complexity index is 234. The minimum atomic E-state index is -0.937. The minimum absolute atomic E-state index is 0.937. The van der Waals surface area contributed by atoms with Crippen molar-refractivity contribution in [1.29, 1.82) is 0 Å². The third-order valence-corrected chi connectivity index (χ3v) is 10.0. The molecule has 0 saturated carbocycles. The van der Waals surface area contributed by atoms with Crippen LogP contribution in [0.2, 0.25) is 0 Å². The molecule has 1 fully saturated rings. The standard InChI is InChI=1S/C9H20P2S2/c1-10(12)6-3-4-7-11(2,13)9-5-8-10/h3-9H2,1-2H3/t10-,11+. The normalized spacial score (nSPS) is 43.2. The summed E-state index contributed by atoms with van der Waals surface area (Å²) in [6.45, 7) is 4.68. The average molecular weight is 254 g/mol. The highest BCUT2D eigenvalue weighted by atomic mass is 32.4. The quantitative estimate of drug-likeness (QED) is 0.608. The lowest BCUT2D eigenvalue weighted by Gasteiger charge is -2.15. The van der Waals surface area contributed by atoms with Crippen LogP contribution < -0.4 is 0 Å². The second kappa shape index (κ2) is 4.88. The van der Waals surface area contributed by atoms with Crippen LogP contribution >= 0.6 is 12.1 Å². The maximum Gasteiger partial charge on any atom is -0.0233 e. The Morgan fingerprint density at radius 3 is 1.38 bits per heavy atom. The lowest BCUT2D eigenvalue weighted by molar-refractivity contribution is 0.898. The largest absolute Gasteiger partial charge is 0.0978 e. The second-order valence-corrected chi connectivity index (χ2v) is 16.8. The first kappa shape index (κ1) is 12.4. The van der Waals surface area contributed by atoms with Gasteiger partial charge >= 0.3 is 0 Å². The molecule has 0 nitrogen and oxygen atoms in total. The molecule has 1 rings (SSSR count). The fourth-order valence-corrected chi connectivity index (χ4v) is 7.54. The third-order valence-electron chi connectivity index (χ3n) is 2.77. The van der Waals surface area contributed by atoms with E-state index in [4.69, 9.17) is 23.6 Å². The van der Waals surface area contributed by atoms with Crippen molar-refractivity contribution in [3.63, 3.8) is 0 Å². The number of hydrogen-bond acceptors (Lipinski definition) is 2. The maximum absolute atomic E-state index is 5.67. The molecule has 0 aromatic rings. The van der Waals surface area contributed by atoms with Crippen LogP contribution in [0.5, 0.6) is 0 Å². The van der Waals surface area contributed by atoms with Gasteiger partial charge in [-0.25, -0.2) is 0 Å². The van der Waals surface area contributed by atoms with Crippen LogP contribution in [-0.4, -0.2) is 38.0 Å². The Morgan fingerprint density at radius 2 is 1.00 bits per heavy atom. The summed E-state index contributed by atoms with van der Waals surface area (Å²) < 4.78 is 0. The van der Waals surface area contributed by atoms with Crippen LogP contribution in [-0.2, 0) is 23.6 Å². The molecule has 0 aromatic carbocycles. The molecule has 0 amide bonds. The van der Waals surface area contributed by atoms with Gasteiger partial charge in [-0.15, -0.1) is 0 Å². The van der Waals surface area contributed by atoms with Crippen LogP contribution in [0.1, 0.15) is 19.3 Å². The van der Waals surface area contributed by atoms with E-state index < -0.39 is 12.1 Å². The highest BCUT2D eigenvalue weighted by Crippen LogP contribution is 2.50. The predicted molar refractivity (Wildman–Crippen MR) is 73.7 cm³/mol. The first-order valence-electron chi connectivity index (χ1n) is 5.02. The van der Waals surface area contributed by atoms with Crippen molar-refractivity contribution in [2.24, 2.45) is 0 Å². The maximum atomic E-state index is 5.67. The van der Waals surface area contributed by atoms with Gasteiger partial charge in [-0.05, 0) is 69.3 Å². The lowest BCUT2D eigenvalue weighted by Crippen LogP contribution is -1.94. The van der Waals surface area contributed by atoms with Crippen molar-refractivity contribution >= 4 is 35.7 Å². The van der Waals surface area contributed by atoms with E-state index >= 15 is 0 Å². The predicted octanol–water partition coefficient (Wildman–Crippen LogP) is 3.39. The van der Waals surface area contributed by atoms with Gasteiger partial charge in [0.05, 0.1) is 0 Å². The molecule has 0 aliphatic carbocycles. The number of hydrogen-bond donors (Lipinski definition) is 0. The summed E-state index contributed by atoms with van der Waals surface area (Å²) in [5.41, 5.74) is 0. The highest BCUT2D eigenvalue weighted by Gasteiger charge is 2.17. The monoisotopic (exact) mass is 254 g/mol. The summed E-state index contributed by atoms with van der Waals surface area (Å²) in [4.78, 5) is 0. The molecule has 4 heteroatoms. The van der Waals surface area contributed by atoms with E-state index in [-0.39, 0.29) is 0 Å². The minimum Gasteiger partial charge on any atom is -0.0978 e. The molecule has 78 valence electrons. The van der Waals surface area contributed by atoms with Gasteiger partial charge in [0.15, 0.2) is 0 Å². The smallest absolute Gasteiger partial charge is 0.0233 e. The topological polar surface area (TPSA) is 0 Å². The molecular formula is C9H20P2S2. The lowest BCUT2D eigenvalue weighted by atomic mass is 10.4. The molecule has 0 spiro atoms. The van der Waals surface area contributed by atoms with Gasteiger partial charge in [0, 0.05) is 0 Å². The average Bonchev–Trinajstić information content (AvgIpc) is 2.01.